The Hall–Kier alpha value is -2.55. The van der Waals surface area contributed by atoms with Crippen molar-refractivity contribution in [2.24, 2.45) is 4.99 Å². The van der Waals surface area contributed by atoms with Crippen LogP contribution in [0.25, 0.3) is 0 Å². The lowest BCUT2D eigenvalue weighted by atomic mass is 10.1. The summed E-state index contributed by atoms with van der Waals surface area (Å²) in [6.07, 6.45) is 5.96. The summed E-state index contributed by atoms with van der Waals surface area (Å²) >= 11 is 0. The van der Waals surface area contributed by atoms with Gasteiger partial charge in [-0.05, 0) is 59.1 Å². The Labute approximate surface area is 191 Å². The quantitative estimate of drug-likeness (QED) is 0.322. The molecule has 2 heterocycles. The summed E-state index contributed by atoms with van der Waals surface area (Å²) in [5, 5.41) is 6.13. The number of carbonyl (C=O) groups is 1. The number of hydrogen-bond donors (Lipinski definition) is 2. The van der Waals surface area contributed by atoms with Gasteiger partial charge in [0, 0.05) is 39.0 Å². The highest BCUT2D eigenvalue weighted by atomic mass is 16.6. The van der Waals surface area contributed by atoms with E-state index in [2.05, 4.69) is 27.4 Å². The highest BCUT2D eigenvalue weighted by Gasteiger charge is 2.22. The van der Waals surface area contributed by atoms with E-state index in [9.17, 15) is 4.79 Å². The molecule has 1 amide bonds. The second-order valence-corrected chi connectivity index (χ2v) is 8.61. The molecule has 0 saturated carbocycles. The van der Waals surface area contributed by atoms with Gasteiger partial charge in [-0.2, -0.15) is 0 Å². The Balaban J connectivity index is 1.62. The Morgan fingerprint density at radius 3 is 2.69 bits per heavy atom. The van der Waals surface area contributed by atoms with Crippen LogP contribution >= 0.6 is 0 Å². The van der Waals surface area contributed by atoms with Crippen LogP contribution in [0.15, 0.2) is 29.5 Å². The van der Waals surface area contributed by atoms with Crippen molar-refractivity contribution >= 4 is 12.1 Å². The lowest BCUT2D eigenvalue weighted by Crippen LogP contribution is -2.47. The monoisotopic (exact) mass is 449 g/mol. The zero-order valence-electron chi connectivity index (χ0n) is 19.9. The molecule has 0 radical (unpaired) electrons. The molecular formula is C23H39N5O4. The summed E-state index contributed by atoms with van der Waals surface area (Å²) in [5.74, 6) is 1.68. The van der Waals surface area contributed by atoms with E-state index in [-0.39, 0.29) is 12.2 Å². The van der Waals surface area contributed by atoms with Crippen LogP contribution in [0, 0.1) is 0 Å². The highest BCUT2D eigenvalue weighted by molar-refractivity contribution is 5.80. The van der Waals surface area contributed by atoms with Gasteiger partial charge in [-0.15, -0.1) is 0 Å². The number of aliphatic imine (C=N–C) groups is 1. The minimum Gasteiger partial charge on any atom is -0.490 e. The number of likely N-dealkylation sites (tertiary alicyclic amines) is 1. The molecule has 9 heteroatoms. The molecule has 0 unspecified atom stereocenters. The molecule has 1 aromatic rings. The first-order valence-electron chi connectivity index (χ1n) is 11.5. The summed E-state index contributed by atoms with van der Waals surface area (Å²) in [4.78, 5) is 22.7. The van der Waals surface area contributed by atoms with Crippen LogP contribution in [0.5, 0.6) is 5.75 Å². The second kappa shape index (κ2) is 13.8. The SMILES string of the molecule is CCNC(=NCCOc1cccnc1)N1CCC(OCCCNC(=O)OC(C)(C)C)CC1. The molecule has 9 nitrogen and oxygen atoms in total. The largest absolute Gasteiger partial charge is 0.490 e. The lowest BCUT2D eigenvalue weighted by Gasteiger charge is -2.34. The molecule has 1 aliphatic heterocycles. The number of aromatic nitrogens is 1. The van der Waals surface area contributed by atoms with Gasteiger partial charge in [-0.3, -0.25) is 4.98 Å². The predicted molar refractivity (Wildman–Crippen MR) is 125 cm³/mol. The summed E-state index contributed by atoms with van der Waals surface area (Å²) < 4.78 is 16.9. The predicted octanol–water partition coefficient (Wildman–Crippen LogP) is 2.82. The molecule has 0 aromatic carbocycles. The van der Waals surface area contributed by atoms with Gasteiger partial charge >= 0.3 is 6.09 Å². The van der Waals surface area contributed by atoms with Crippen LogP contribution < -0.4 is 15.4 Å². The summed E-state index contributed by atoms with van der Waals surface area (Å²) in [5.41, 5.74) is -0.476. The fourth-order valence-corrected chi connectivity index (χ4v) is 3.23. The fourth-order valence-electron chi connectivity index (χ4n) is 3.23. The zero-order chi connectivity index (χ0) is 23.2. The van der Waals surface area contributed by atoms with E-state index < -0.39 is 5.60 Å². The minimum absolute atomic E-state index is 0.240. The van der Waals surface area contributed by atoms with E-state index in [0.717, 1.165) is 50.6 Å². The molecule has 0 atom stereocenters. The highest BCUT2D eigenvalue weighted by Crippen LogP contribution is 2.14. The van der Waals surface area contributed by atoms with Crippen molar-refractivity contribution in [2.75, 3.05) is 45.9 Å². The standard InChI is InChI=1S/C23H39N5O4/c1-5-25-21(26-13-17-31-20-8-6-11-24-18-20)28-14-9-19(10-15-28)30-16-7-12-27-22(29)32-23(2,3)4/h6,8,11,18-19H,5,7,9-10,12-17H2,1-4H3,(H,25,26)(H,27,29). The molecule has 32 heavy (non-hydrogen) atoms. The first kappa shape index (κ1) is 25.7. The number of guanidine groups is 1. The Morgan fingerprint density at radius 2 is 2.03 bits per heavy atom. The molecule has 0 aliphatic carbocycles. The van der Waals surface area contributed by atoms with Crippen molar-refractivity contribution in [1.29, 1.82) is 0 Å². The van der Waals surface area contributed by atoms with Gasteiger partial charge in [0.15, 0.2) is 5.96 Å². The third-order valence-corrected chi connectivity index (χ3v) is 4.68. The summed E-state index contributed by atoms with van der Waals surface area (Å²) in [6.45, 7) is 12.5. The number of nitrogens with zero attached hydrogens (tertiary/aromatic N) is 3. The molecule has 2 N–H and O–H groups in total. The van der Waals surface area contributed by atoms with Gasteiger partial charge in [-0.1, -0.05) is 0 Å². The third kappa shape index (κ3) is 10.7. The van der Waals surface area contributed by atoms with Gasteiger partial charge < -0.3 is 29.7 Å². The Morgan fingerprint density at radius 1 is 1.25 bits per heavy atom. The van der Waals surface area contributed by atoms with Gasteiger partial charge in [-0.25, -0.2) is 9.79 Å². The number of alkyl carbamates (subject to hydrolysis) is 1. The zero-order valence-corrected chi connectivity index (χ0v) is 19.9. The van der Waals surface area contributed by atoms with Gasteiger partial charge in [0.1, 0.15) is 18.0 Å². The van der Waals surface area contributed by atoms with Crippen molar-refractivity contribution < 1.29 is 19.0 Å². The van der Waals surface area contributed by atoms with Crippen LogP contribution in [0.2, 0.25) is 0 Å². The first-order chi connectivity index (χ1) is 15.4. The molecule has 1 fully saturated rings. The Bertz CT molecular complexity index is 685. The maximum absolute atomic E-state index is 11.6. The maximum Gasteiger partial charge on any atom is 0.407 e. The minimum atomic E-state index is -0.476. The average Bonchev–Trinajstić information content (AvgIpc) is 2.76. The molecule has 2 rings (SSSR count). The molecular weight excluding hydrogens is 410 g/mol. The van der Waals surface area contributed by atoms with Gasteiger partial charge in [0.2, 0.25) is 0 Å². The van der Waals surface area contributed by atoms with Crippen LogP contribution in [0.1, 0.15) is 47.0 Å². The molecule has 180 valence electrons. The smallest absolute Gasteiger partial charge is 0.407 e. The number of carbonyl (C=O) groups excluding carboxylic acids is 1. The molecule has 1 aromatic heterocycles. The Kier molecular flexibility index (Phi) is 11.1. The number of rotatable bonds is 10. The lowest BCUT2D eigenvalue weighted by molar-refractivity contribution is 0.0170. The first-order valence-corrected chi connectivity index (χ1v) is 11.5. The molecule has 1 saturated heterocycles. The number of ether oxygens (including phenoxy) is 3. The van der Waals surface area contributed by atoms with Crippen molar-refractivity contribution in [2.45, 2.75) is 58.7 Å². The summed E-state index contributed by atoms with van der Waals surface area (Å²) in [6, 6.07) is 3.74. The van der Waals surface area contributed by atoms with Crippen molar-refractivity contribution in [3.05, 3.63) is 24.5 Å². The van der Waals surface area contributed by atoms with Crippen LogP contribution in [0.3, 0.4) is 0 Å². The van der Waals surface area contributed by atoms with E-state index in [1.165, 1.54) is 0 Å². The van der Waals surface area contributed by atoms with E-state index in [1.54, 1.807) is 12.4 Å². The number of nitrogens with one attached hydrogen (secondary N) is 2. The van der Waals surface area contributed by atoms with Gasteiger partial charge in [0.25, 0.3) is 0 Å². The normalized spacial score (nSPS) is 15.4. The van der Waals surface area contributed by atoms with Crippen molar-refractivity contribution in [1.82, 2.24) is 20.5 Å². The average molecular weight is 450 g/mol. The van der Waals surface area contributed by atoms with Crippen molar-refractivity contribution in [3.8, 4) is 5.75 Å². The maximum atomic E-state index is 11.6. The van der Waals surface area contributed by atoms with Crippen LogP contribution in [-0.2, 0) is 9.47 Å². The van der Waals surface area contributed by atoms with Crippen LogP contribution in [-0.4, -0.2) is 79.6 Å². The molecule has 0 spiro atoms. The molecule has 0 bridgehead atoms. The summed E-state index contributed by atoms with van der Waals surface area (Å²) in [7, 11) is 0. The van der Waals surface area contributed by atoms with Gasteiger partial charge in [0.05, 0.1) is 18.8 Å². The third-order valence-electron chi connectivity index (χ3n) is 4.68. The van der Waals surface area contributed by atoms with E-state index in [4.69, 9.17) is 19.2 Å². The van der Waals surface area contributed by atoms with E-state index >= 15 is 0 Å². The van der Waals surface area contributed by atoms with Crippen LogP contribution in [0.4, 0.5) is 4.79 Å². The number of pyridine rings is 1. The second-order valence-electron chi connectivity index (χ2n) is 8.61. The number of piperidine rings is 1. The fraction of sp³-hybridized carbons (Fsp3) is 0.696. The van der Waals surface area contributed by atoms with E-state index in [1.807, 2.05) is 32.9 Å². The number of amides is 1. The van der Waals surface area contributed by atoms with E-state index in [0.29, 0.717) is 26.3 Å². The molecule has 1 aliphatic rings. The topological polar surface area (TPSA) is 97.3 Å². The number of hydrogen-bond acceptors (Lipinski definition) is 6. The van der Waals surface area contributed by atoms with Crippen molar-refractivity contribution in [3.63, 3.8) is 0 Å².